The lowest BCUT2D eigenvalue weighted by atomic mass is 10.1. The third-order valence-electron chi connectivity index (χ3n) is 3.23. The number of nitrogens with zero attached hydrogens (tertiary/aromatic N) is 2. The number of amides is 2. The largest absolute Gasteiger partial charge is 0.347 e. The lowest BCUT2D eigenvalue weighted by Gasteiger charge is -2.06. The van der Waals surface area contributed by atoms with Gasteiger partial charge in [-0.05, 0) is 6.07 Å². The zero-order valence-corrected chi connectivity index (χ0v) is 13.2. The van der Waals surface area contributed by atoms with E-state index in [0.29, 0.717) is 21.6 Å². The van der Waals surface area contributed by atoms with Crippen LogP contribution in [0.2, 0.25) is 0 Å². The zero-order valence-electron chi connectivity index (χ0n) is 12.4. The highest BCUT2D eigenvalue weighted by molar-refractivity contribution is 7.13. The molecule has 3 N–H and O–H groups in total. The second-order valence-corrected chi connectivity index (χ2v) is 5.78. The van der Waals surface area contributed by atoms with E-state index in [1.807, 2.05) is 0 Å². The number of benzene rings is 1. The van der Waals surface area contributed by atoms with Crippen LogP contribution in [0.1, 0.15) is 5.69 Å². The van der Waals surface area contributed by atoms with Gasteiger partial charge >= 0.3 is 0 Å². The van der Waals surface area contributed by atoms with Crippen LogP contribution < -0.4 is 16.2 Å². The molecule has 1 aromatic carbocycles. The van der Waals surface area contributed by atoms with Gasteiger partial charge in [0.05, 0.1) is 24.0 Å². The van der Waals surface area contributed by atoms with E-state index in [1.165, 1.54) is 11.3 Å². The Bertz CT molecular complexity index is 936. The number of rotatable bonds is 5. The van der Waals surface area contributed by atoms with Crippen LogP contribution in [0, 0.1) is 0 Å². The highest BCUT2D eigenvalue weighted by Crippen LogP contribution is 2.12. The molecule has 0 saturated heterocycles. The van der Waals surface area contributed by atoms with Gasteiger partial charge in [0.15, 0.2) is 5.13 Å². The first-order chi connectivity index (χ1) is 11.6. The minimum atomic E-state index is -0.367. The molecule has 9 heteroatoms. The summed E-state index contributed by atoms with van der Waals surface area (Å²) < 4.78 is 0. The fraction of sp³-hybridized carbons (Fsp3) is 0.133. The first kappa shape index (κ1) is 15.8. The summed E-state index contributed by atoms with van der Waals surface area (Å²) in [5.41, 5.74) is 0.139. The van der Waals surface area contributed by atoms with Crippen molar-refractivity contribution in [1.82, 2.24) is 20.5 Å². The van der Waals surface area contributed by atoms with Crippen molar-refractivity contribution < 1.29 is 9.59 Å². The number of nitrogens with one attached hydrogen (secondary N) is 3. The number of aromatic amines is 1. The maximum Gasteiger partial charge on any atom is 0.272 e. The van der Waals surface area contributed by atoms with Crippen molar-refractivity contribution in [2.45, 2.75) is 6.42 Å². The summed E-state index contributed by atoms with van der Waals surface area (Å²) in [4.78, 5) is 39.3. The monoisotopic (exact) mass is 343 g/mol. The molecule has 2 aromatic heterocycles. The Balaban J connectivity index is 1.62. The Hall–Kier alpha value is -3.07. The average Bonchev–Trinajstić information content (AvgIpc) is 3.09. The fourth-order valence-electron chi connectivity index (χ4n) is 2.15. The molecule has 0 bridgehead atoms. The van der Waals surface area contributed by atoms with Crippen molar-refractivity contribution in [3.63, 3.8) is 0 Å². The van der Waals surface area contributed by atoms with Crippen LogP contribution in [-0.2, 0) is 16.0 Å². The van der Waals surface area contributed by atoms with Crippen molar-refractivity contribution in [3.05, 3.63) is 51.9 Å². The van der Waals surface area contributed by atoms with Crippen LogP contribution >= 0.6 is 11.3 Å². The van der Waals surface area contributed by atoms with Crippen LogP contribution in [0.4, 0.5) is 5.13 Å². The van der Waals surface area contributed by atoms with Gasteiger partial charge in [-0.1, -0.05) is 18.2 Å². The van der Waals surface area contributed by atoms with Crippen LogP contribution in [-0.4, -0.2) is 33.5 Å². The van der Waals surface area contributed by atoms with Gasteiger partial charge in [-0.3, -0.25) is 14.4 Å². The van der Waals surface area contributed by atoms with Crippen molar-refractivity contribution in [3.8, 4) is 0 Å². The van der Waals surface area contributed by atoms with Crippen LogP contribution in [0.15, 0.2) is 40.6 Å². The average molecular weight is 343 g/mol. The quantitative estimate of drug-likeness (QED) is 0.630. The molecule has 0 aliphatic carbocycles. The summed E-state index contributed by atoms with van der Waals surface area (Å²) in [7, 11) is 0. The molecule has 3 rings (SSSR count). The number of thiazole rings is 1. The summed E-state index contributed by atoms with van der Waals surface area (Å²) in [6.45, 7) is -0.167. The Morgan fingerprint density at radius 1 is 1.17 bits per heavy atom. The van der Waals surface area contributed by atoms with Gasteiger partial charge in [0, 0.05) is 17.0 Å². The van der Waals surface area contributed by atoms with Crippen molar-refractivity contribution in [2.24, 2.45) is 0 Å². The van der Waals surface area contributed by atoms with Gasteiger partial charge < -0.3 is 10.6 Å². The Morgan fingerprint density at radius 2 is 1.96 bits per heavy atom. The summed E-state index contributed by atoms with van der Waals surface area (Å²) in [5.74, 6) is -0.730. The molecular formula is C15H13N5O3S. The molecule has 0 atom stereocenters. The van der Waals surface area contributed by atoms with E-state index in [0.717, 1.165) is 0 Å². The molecule has 24 heavy (non-hydrogen) atoms. The lowest BCUT2D eigenvalue weighted by Crippen LogP contribution is -2.34. The van der Waals surface area contributed by atoms with Gasteiger partial charge in [-0.15, -0.1) is 11.3 Å². The van der Waals surface area contributed by atoms with E-state index < -0.39 is 0 Å². The number of fused-ring (bicyclic) bond motifs is 1. The maximum atomic E-state index is 12.0. The molecule has 3 aromatic rings. The predicted octanol–water partition coefficient (Wildman–Crippen LogP) is 0.677. The maximum absolute atomic E-state index is 12.0. The van der Waals surface area contributed by atoms with E-state index in [1.54, 1.807) is 35.8 Å². The molecule has 0 fully saturated rings. The fourth-order valence-corrected chi connectivity index (χ4v) is 2.69. The van der Waals surface area contributed by atoms with Gasteiger partial charge in [-0.25, -0.2) is 10.1 Å². The molecule has 0 spiro atoms. The number of H-pyrrole nitrogens is 1. The number of hydrogen-bond donors (Lipinski definition) is 3. The van der Waals surface area contributed by atoms with E-state index >= 15 is 0 Å². The smallest absolute Gasteiger partial charge is 0.272 e. The van der Waals surface area contributed by atoms with Crippen LogP contribution in [0.5, 0.6) is 0 Å². The molecule has 0 radical (unpaired) electrons. The summed E-state index contributed by atoms with van der Waals surface area (Å²) >= 11 is 1.29. The van der Waals surface area contributed by atoms with E-state index in [4.69, 9.17) is 0 Å². The minimum Gasteiger partial charge on any atom is -0.347 e. The standard InChI is InChI=1S/C15H13N5O3S/c21-12(17-8-13(22)18-15-16-5-6-24-15)7-11-9-3-1-2-4-10(9)14(23)20-19-11/h1-6H,7-8H2,(H,17,21)(H,20,23)(H,16,18,22). The molecule has 0 aliphatic heterocycles. The Kier molecular flexibility index (Phi) is 4.62. The number of hydrogen-bond acceptors (Lipinski definition) is 6. The van der Waals surface area contributed by atoms with Gasteiger partial charge in [0.1, 0.15) is 0 Å². The predicted molar refractivity (Wildman–Crippen MR) is 89.8 cm³/mol. The molecular weight excluding hydrogens is 330 g/mol. The number of aromatic nitrogens is 3. The molecule has 0 saturated carbocycles. The number of carbonyl (C=O) groups excluding carboxylic acids is 2. The SMILES string of the molecule is O=C(Cc1n[nH]c(=O)c2ccccc12)NCC(=O)Nc1nccs1. The molecule has 2 amide bonds. The lowest BCUT2D eigenvalue weighted by molar-refractivity contribution is -0.123. The zero-order chi connectivity index (χ0) is 16.9. The number of anilines is 1. The summed E-state index contributed by atoms with van der Waals surface area (Å²) in [6.07, 6.45) is 1.54. The summed E-state index contributed by atoms with van der Waals surface area (Å²) in [5, 5.41) is 14.7. The second kappa shape index (κ2) is 7.01. The van der Waals surface area contributed by atoms with E-state index in [2.05, 4.69) is 25.8 Å². The highest BCUT2D eigenvalue weighted by Gasteiger charge is 2.12. The number of carbonyl (C=O) groups is 2. The summed E-state index contributed by atoms with van der Waals surface area (Å²) in [6, 6.07) is 6.91. The first-order valence-electron chi connectivity index (χ1n) is 7.06. The van der Waals surface area contributed by atoms with E-state index in [9.17, 15) is 14.4 Å². The van der Waals surface area contributed by atoms with Gasteiger partial charge in [0.25, 0.3) is 5.56 Å². The third kappa shape index (κ3) is 3.63. The van der Waals surface area contributed by atoms with Crippen molar-refractivity contribution >= 4 is 39.1 Å². The molecule has 0 unspecified atom stereocenters. The molecule has 122 valence electrons. The molecule has 2 heterocycles. The minimum absolute atomic E-state index is 0.0399. The second-order valence-electron chi connectivity index (χ2n) is 4.88. The topological polar surface area (TPSA) is 117 Å². The highest BCUT2D eigenvalue weighted by atomic mass is 32.1. The first-order valence-corrected chi connectivity index (χ1v) is 7.94. The Morgan fingerprint density at radius 3 is 2.71 bits per heavy atom. The van der Waals surface area contributed by atoms with Crippen molar-refractivity contribution in [2.75, 3.05) is 11.9 Å². The van der Waals surface area contributed by atoms with Gasteiger partial charge in [-0.2, -0.15) is 5.10 Å². The van der Waals surface area contributed by atoms with Crippen LogP contribution in [0.25, 0.3) is 10.8 Å². The third-order valence-corrected chi connectivity index (χ3v) is 3.92. The normalized spacial score (nSPS) is 10.5. The Labute approximate surface area is 139 Å². The van der Waals surface area contributed by atoms with E-state index in [-0.39, 0.29) is 30.3 Å². The van der Waals surface area contributed by atoms with Crippen LogP contribution in [0.3, 0.4) is 0 Å². The molecule has 0 aliphatic rings. The van der Waals surface area contributed by atoms with Crippen molar-refractivity contribution in [1.29, 1.82) is 0 Å². The van der Waals surface area contributed by atoms with Gasteiger partial charge in [0.2, 0.25) is 11.8 Å². The molecule has 8 nitrogen and oxygen atoms in total.